The van der Waals surface area contributed by atoms with Crippen molar-refractivity contribution in [2.45, 2.75) is 38.2 Å². The van der Waals surface area contributed by atoms with Crippen molar-refractivity contribution in [1.82, 2.24) is 9.80 Å². The molecule has 0 aromatic rings. The highest BCUT2D eigenvalue weighted by atomic mass is 16.7. The zero-order valence-electron chi connectivity index (χ0n) is 15.4. The normalized spacial score (nSPS) is 17.1. The summed E-state index contributed by atoms with van der Waals surface area (Å²) < 4.78 is 5.02. The first-order valence-corrected chi connectivity index (χ1v) is 7.92. The molecule has 0 atom stereocenters. The number of carbonyl (C=O) groups is 1. The molecule has 28 heavy (non-hydrogen) atoms. The minimum absolute atomic E-state index is 0.110. The SMILES string of the molecule is CC(=O)OC1CN(CC(C)([N+](=O)[O-])[N+](=O)[O-])CN(CC(C)([N+](=O)[O-])[N+](=O)[O-])C1. The van der Waals surface area contributed by atoms with Gasteiger partial charge in [-0.25, -0.2) is 0 Å². The van der Waals surface area contributed by atoms with Crippen LogP contribution in [0.3, 0.4) is 0 Å². The summed E-state index contributed by atoms with van der Waals surface area (Å²) >= 11 is 0. The molecule has 1 heterocycles. The van der Waals surface area contributed by atoms with Crippen LogP contribution in [0.5, 0.6) is 0 Å². The number of nitro groups is 4. The summed E-state index contributed by atoms with van der Waals surface area (Å²) in [4.78, 5) is 53.9. The van der Waals surface area contributed by atoms with E-state index in [1.165, 1.54) is 9.80 Å². The number of esters is 1. The van der Waals surface area contributed by atoms with Gasteiger partial charge in [0.25, 0.3) is 0 Å². The van der Waals surface area contributed by atoms with E-state index >= 15 is 0 Å². The molecule has 0 aromatic carbocycles. The summed E-state index contributed by atoms with van der Waals surface area (Å²) in [6.07, 6.45) is -0.934. The highest BCUT2D eigenvalue weighted by Gasteiger charge is 2.55. The fourth-order valence-electron chi connectivity index (χ4n) is 2.78. The molecule has 0 bridgehead atoms. The molecule has 0 N–H and O–H groups in total. The monoisotopic (exact) mass is 408 g/mol. The Labute approximate surface area is 157 Å². The van der Waals surface area contributed by atoms with Gasteiger partial charge in [-0.1, -0.05) is 0 Å². The lowest BCUT2D eigenvalue weighted by molar-refractivity contribution is -0.792. The smallest absolute Gasteiger partial charge is 0.460 e. The molecule has 0 spiro atoms. The fraction of sp³-hybridized carbons (Fsp3) is 0.917. The van der Waals surface area contributed by atoms with Crippen LogP contribution < -0.4 is 0 Å². The van der Waals surface area contributed by atoms with Crippen LogP contribution in [0, 0.1) is 40.5 Å². The van der Waals surface area contributed by atoms with Crippen LogP contribution in [0.4, 0.5) is 0 Å². The number of ether oxygens (including phenoxy) is 1. The highest BCUT2D eigenvalue weighted by molar-refractivity contribution is 5.66. The second-order valence-electron chi connectivity index (χ2n) is 6.86. The van der Waals surface area contributed by atoms with Crippen molar-refractivity contribution in [3.8, 4) is 0 Å². The second-order valence-corrected chi connectivity index (χ2v) is 6.86. The molecule has 158 valence electrons. The van der Waals surface area contributed by atoms with Crippen LogP contribution in [0.2, 0.25) is 0 Å². The molecule has 1 rings (SSSR count). The maximum Gasteiger partial charge on any atom is 0.468 e. The van der Waals surface area contributed by atoms with Gasteiger partial charge in [0, 0.05) is 20.0 Å². The summed E-state index contributed by atoms with van der Waals surface area (Å²) in [5.74, 6) is -0.704. The Kier molecular flexibility index (Phi) is 6.86. The molecule has 1 aliphatic rings. The van der Waals surface area contributed by atoms with E-state index in [1.54, 1.807) is 0 Å². The van der Waals surface area contributed by atoms with E-state index in [9.17, 15) is 45.3 Å². The Morgan fingerprint density at radius 1 is 0.893 bits per heavy atom. The first-order valence-electron chi connectivity index (χ1n) is 7.92. The van der Waals surface area contributed by atoms with Gasteiger partial charge in [-0.05, 0) is 0 Å². The Morgan fingerprint density at radius 2 is 1.21 bits per heavy atom. The van der Waals surface area contributed by atoms with Crippen LogP contribution in [-0.2, 0) is 9.53 Å². The molecule has 0 saturated carbocycles. The molecule has 16 heteroatoms. The van der Waals surface area contributed by atoms with Gasteiger partial charge in [-0.2, -0.15) is 0 Å². The number of nitrogens with zero attached hydrogens (tertiary/aromatic N) is 6. The minimum Gasteiger partial charge on any atom is -0.460 e. The molecular formula is C12H20N6O10. The summed E-state index contributed by atoms with van der Waals surface area (Å²) in [6, 6.07) is 0. The van der Waals surface area contributed by atoms with Crippen molar-refractivity contribution in [2.75, 3.05) is 32.8 Å². The van der Waals surface area contributed by atoms with E-state index in [0.29, 0.717) is 0 Å². The summed E-state index contributed by atoms with van der Waals surface area (Å²) in [6.45, 7) is 0.813. The Hall–Kier alpha value is -3.01. The first kappa shape index (κ1) is 23.0. The topological polar surface area (TPSA) is 205 Å². The molecule has 1 saturated heterocycles. The van der Waals surface area contributed by atoms with E-state index in [-0.39, 0.29) is 19.8 Å². The van der Waals surface area contributed by atoms with Gasteiger partial charge < -0.3 is 4.74 Å². The lowest BCUT2D eigenvalue weighted by Gasteiger charge is -2.39. The van der Waals surface area contributed by atoms with Crippen molar-refractivity contribution in [3.63, 3.8) is 0 Å². The largest absolute Gasteiger partial charge is 0.468 e. The summed E-state index contributed by atoms with van der Waals surface area (Å²) in [5, 5.41) is 44.6. The third-order valence-corrected chi connectivity index (χ3v) is 4.28. The van der Waals surface area contributed by atoms with E-state index in [1.807, 2.05) is 0 Å². The van der Waals surface area contributed by atoms with Crippen LogP contribution >= 0.6 is 0 Å². The molecule has 0 aromatic heterocycles. The molecule has 0 radical (unpaired) electrons. The zero-order valence-corrected chi connectivity index (χ0v) is 15.4. The Morgan fingerprint density at radius 3 is 1.46 bits per heavy atom. The van der Waals surface area contributed by atoms with E-state index < -0.39 is 56.2 Å². The van der Waals surface area contributed by atoms with Crippen LogP contribution in [0.15, 0.2) is 0 Å². The van der Waals surface area contributed by atoms with Crippen molar-refractivity contribution >= 4 is 5.97 Å². The number of hydrogen-bond acceptors (Lipinski definition) is 12. The molecule has 0 amide bonds. The predicted octanol–water partition coefficient (Wildman–Crippen LogP) is -0.968. The molecule has 0 unspecified atom stereocenters. The molecular weight excluding hydrogens is 388 g/mol. The average molecular weight is 408 g/mol. The van der Waals surface area contributed by atoms with E-state index in [0.717, 1.165) is 20.8 Å². The molecule has 1 fully saturated rings. The first-order chi connectivity index (χ1) is 12.7. The molecule has 0 aliphatic carbocycles. The van der Waals surface area contributed by atoms with Gasteiger partial charge in [0.2, 0.25) is 0 Å². The van der Waals surface area contributed by atoms with Gasteiger partial charge in [0.1, 0.15) is 19.2 Å². The molecule has 16 nitrogen and oxygen atoms in total. The number of carbonyl (C=O) groups excluding carboxylic acids is 1. The van der Waals surface area contributed by atoms with Crippen molar-refractivity contribution < 1.29 is 29.2 Å². The summed E-state index contributed by atoms with van der Waals surface area (Å²) in [5.41, 5.74) is -5.17. The summed E-state index contributed by atoms with van der Waals surface area (Å²) in [7, 11) is 0. The van der Waals surface area contributed by atoms with E-state index in [4.69, 9.17) is 4.74 Å². The zero-order chi connectivity index (χ0) is 21.9. The lowest BCUT2D eigenvalue weighted by Crippen LogP contribution is -2.63. The van der Waals surface area contributed by atoms with Crippen molar-refractivity contribution in [3.05, 3.63) is 40.5 Å². The van der Waals surface area contributed by atoms with E-state index in [2.05, 4.69) is 0 Å². The van der Waals surface area contributed by atoms with Crippen molar-refractivity contribution in [1.29, 1.82) is 0 Å². The number of hydrogen-bond donors (Lipinski definition) is 0. The maximum atomic E-state index is 11.2. The van der Waals surface area contributed by atoms with Gasteiger partial charge in [-0.3, -0.25) is 55.1 Å². The Bertz CT molecular complexity index is 608. The second kappa shape index (κ2) is 8.34. The van der Waals surface area contributed by atoms with Crippen LogP contribution in [0.25, 0.3) is 0 Å². The standard InChI is InChI=1S/C12H20N6O10/c1-9(19)28-10-4-13(6-11(2,15(20)21)16(22)23)8-14(5-10)7-12(3,17(24)25)18(26)27/h10H,4-8H2,1-3H3. The predicted molar refractivity (Wildman–Crippen MR) is 88.4 cm³/mol. The lowest BCUT2D eigenvalue weighted by atomic mass is 10.1. The third-order valence-electron chi connectivity index (χ3n) is 4.28. The van der Waals surface area contributed by atoms with Gasteiger partial charge in [0.15, 0.2) is 0 Å². The van der Waals surface area contributed by atoms with Gasteiger partial charge in [0.05, 0.1) is 40.2 Å². The quantitative estimate of drug-likeness (QED) is 0.195. The van der Waals surface area contributed by atoms with Gasteiger partial charge >= 0.3 is 17.3 Å². The van der Waals surface area contributed by atoms with Crippen LogP contribution in [0.1, 0.15) is 20.8 Å². The fourth-order valence-corrected chi connectivity index (χ4v) is 2.78. The average Bonchev–Trinajstić information content (AvgIpc) is 2.52. The highest BCUT2D eigenvalue weighted by Crippen LogP contribution is 2.20. The Balaban J connectivity index is 3.11. The van der Waals surface area contributed by atoms with Gasteiger partial charge in [-0.15, -0.1) is 0 Å². The maximum absolute atomic E-state index is 11.2. The van der Waals surface area contributed by atoms with Crippen molar-refractivity contribution in [2.24, 2.45) is 0 Å². The minimum atomic E-state index is -2.58. The third kappa shape index (κ3) is 5.03. The molecule has 1 aliphatic heterocycles. The van der Waals surface area contributed by atoms with Crippen LogP contribution in [-0.4, -0.2) is 85.7 Å². The number of rotatable bonds is 9.